The maximum Gasteiger partial charge on any atom is 0.412 e. The molecule has 8 nitrogen and oxygen atoms in total. The van der Waals surface area contributed by atoms with Crippen molar-refractivity contribution in [1.82, 2.24) is 5.32 Å². The lowest BCUT2D eigenvalue weighted by Gasteiger charge is -2.14. The van der Waals surface area contributed by atoms with E-state index in [2.05, 4.69) is 10.1 Å². The molecule has 25 heavy (non-hydrogen) atoms. The molecule has 0 aliphatic carbocycles. The van der Waals surface area contributed by atoms with E-state index in [0.29, 0.717) is 0 Å². The first-order chi connectivity index (χ1) is 11.8. The lowest BCUT2D eigenvalue weighted by molar-refractivity contribution is -0.561. The van der Waals surface area contributed by atoms with Crippen LogP contribution in [-0.4, -0.2) is 29.6 Å². The van der Waals surface area contributed by atoms with Crippen molar-refractivity contribution in [1.29, 1.82) is 0 Å². The van der Waals surface area contributed by atoms with E-state index in [1.807, 2.05) is 18.2 Å². The van der Waals surface area contributed by atoms with Gasteiger partial charge in [-0.15, -0.1) is 0 Å². The number of nitrogens with zero attached hydrogens (tertiary/aromatic N) is 1. The number of hydrogen-bond acceptors (Lipinski definition) is 6. The van der Waals surface area contributed by atoms with Crippen LogP contribution in [0.25, 0.3) is 0 Å². The first-order valence-electron chi connectivity index (χ1n) is 7.67. The number of ether oxygens (including phenoxy) is 2. The highest BCUT2D eigenvalue weighted by Gasteiger charge is 2.29. The van der Waals surface area contributed by atoms with E-state index in [1.54, 1.807) is 12.1 Å². The number of allylic oxidation sites excluding steroid dienone is 1. The summed E-state index contributed by atoms with van der Waals surface area (Å²) in [4.78, 5) is 34.0. The topological polar surface area (TPSA) is 108 Å². The molecule has 8 heteroatoms. The quantitative estimate of drug-likeness (QED) is 0.334. The van der Waals surface area contributed by atoms with Crippen LogP contribution in [0.4, 0.5) is 4.79 Å². The minimum atomic E-state index is -1.13. The van der Waals surface area contributed by atoms with Crippen LogP contribution in [0, 0.1) is 10.1 Å². The fourth-order valence-corrected chi connectivity index (χ4v) is 1.83. The fourth-order valence-electron chi connectivity index (χ4n) is 1.83. The predicted octanol–water partition coefficient (Wildman–Crippen LogP) is 2.81. The van der Waals surface area contributed by atoms with E-state index in [1.165, 1.54) is 27.0 Å². The Morgan fingerprint density at radius 1 is 1.28 bits per heavy atom. The molecule has 0 atom stereocenters. The third kappa shape index (κ3) is 7.03. The first kappa shape index (κ1) is 20.1. The maximum absolute atomic E-state index is 11.8. The van der Waals surface area contributed by atoms with Crippen molar-refractivity contribution >= 4 is 12.1 Å². The molecule has 0 fully saturated rings. The Morgan fingerprint density at radius 3 is 2.48 bits per heavy atom. The number of alkyl carbamates (subject to hydrolysis) is 1. The van der Waals surface area contributed by atoms with Gasteiger partial charge in [-0.05, 0) is 12.0 Å². The van der Waals surface area contributed by atoms with Crippen molar-refractivity contribution in [2.75, 3.05) is 7.11 Å². The molecule has 0 aliphatic heterocycles. The van der Waals surface area contributed by atoms with E-state index >= 15 is 0 Å². The van der Waals surface area contributed by atoms with Gasteiger partial charge in [0.2, 0.25) is 5.54 Å². The average molecular weight is 350 g/mol. The summed E-state index contributed by atoms with van der Waals surface area (Å²) in [6, 6.07) is 9.06. The molecule has 1 N–H and O–H groups in total. The molecule has 136 valence electrons. The fraction of sp³-hybridized carbons (Fsp3) is 0.412. The summed E-state index contributed by atoms with van der Waals surface area (Å²) in [5, 5.41) is 13.2. The number of methoxy groups -OCH3 is 1. The summed E-state index contributed by atoms with van der Waals surface area (Å²) in [5.41, 5.74) is -0.445. The number of esters is 1. The third-order valence-corrected chi connectivity index (χ3v) is 3.45. The molecule has 0 radical (unpaired) electrons. The van der Waals surface area contributed by atoms with E-state index in [9.17, 15) is 19.7 Å². The van der Waals surface area contributed by atoms with Gasteiger partial charge in [0, 0.05) is 25.2 Å². The smallest absolute Gasteiger partial charge is 0.412 e. The highest BCUT2D eigenvalue weighted by Crippen LogP contribution is 2.16. The molecular formula is C17H22N2O6. The van der Waals surface area contributed by atoms with Crippen LogP contribution >= 0.6 is 0 Å². The highest BCUT2D eigenvalue weighted by atomic mass is 16.6. The molecule has 1 aromatic rings. The molecule has 0 spiro atoms. The number of nitrogens with one attached hydrogen (secondary N) is 1. The van der Waals surface area contributed by atoms with Crippen molar-refractivity contribution in [3.63, 3.8) is 0 Å². The van der Waals surface area contributed by atoms with Gasteiger partial charge in [-0.2, -0.15) is 0 Å². The SMILES string of the molecule is COC(=O)/C(=C\CCC(C)(C)[N+](=O)[O-])NC(=O)OCc1ccccc1. The summed E-state index contributed by atoms with van der Waals surface area (Å²) in [6.07, 6.45) is 0.994. The number of amides is 1. The second kappa shape index (κ2) is 9.41. The lowest BCUT2D eigenvalue weighted by atomic mass is 9.99. The summed E-state index contributed by atoms with van der Waals surface area (Å²) in [7, 11) is 1.17. The molecule has 0 unspecified atom stereocenters. The average Bonchev–Trinajstić information content (AvgIpc) is 2.59. The standard InChI is InChI=1S/C17H22N2O6/c1-17(2,19(22)23)11-7-10-14(15(20)24-3)18-16(21)25-12-13-8-5-4-6-9-13/h4-6,8-10H,7,11-12H2,1-3H3,(H,18,21)/b14-10+. The van der Waals surface area contributed by atoms with Gasteiger partial charge in [-0.3, -0.25) is 15.4 Å². The largest absolute Gasteiger partial charge is 0.464 e. The zero-order valence-corrected chi connectivity index (χ0v) is 14.5. The second-order valence-electron chi connectivity index (χ2n) is 5.90. The Morgan fingerprint density at radius 2 is 1.92 bits per heavy atom. The Kier molecular flexibility index (Phi) is 7.58. The van der Waals surface area contributed by atoms with E-state index < -0.39 is 17.6 Å². The summed E-state index contributed by atoms with van der Waals surface area (Å²) < 4.78 is 9.63. The van der Waals surface area contributed by atoms with Crippen LogP contribution in [-0.2, 0) is 20.9 Å². The Labute approximate surface area is 146 Å². The van der Waals surface area contributed by atoms with Crippen LogP contribution in [0.15, 0.2) is 42.1 Å². The van der Waals surface area contributed by atoms with Gasteiger partial charge in [0.15, 0.2) is 0 Å². The molecule has 0 aliphatic rings. The van der Waals surface area contributed by atoms with E-state index in [-0.39, 0.29) is 30.1 Å². The molecule has 1 aromatic carbocycles. The minimum Gasteiger partial charge on any atom is -0.464 e. The van der Waals surface area contributed by atoms with Gasteiger partial charge in [-0.25, -0.2) is 9.59 Å². The first-order valence-corrected chi connectivity index (χ1v) is 7.67. The van der Waals surface area contributed by atoms with E-state index in [0.717, 1.165) is 5.56 Å². The highest BCUT2D eigenvalue weighted by molar-refractivity contribution is 5.92. The number of hydrogen-bond donors (Lipinski definition) is 1. The normalized spacial score (nSPS) is 11.6. The van der Waals surface area contributed by atoms with Crippen molar-refractivity contribution in [2.45, 2.75) is 38.8 Å². The van der Waals surface area contributed by atoms with Crippen LogP contribution in [0.1, 0.15) is 32.3 Å². The van der Waals surface area contributed by atoms with Gasteiger partial charge in [0.25, 0.3) is 0 Å². The van der Waals surface area contributed by atoms with Crippen molar-refractivity contribution in [3.8, 4) is 0 Å². The zero-order valence-electron chi connectivity index (χ0n) is 14.5. The molecule has 1 rings (SSSR count). The number of carbonyl (C=O) groups excluding carboxylic acids is 2. The summed E-state index contributed by atoms with van der Waals surface area (Å²) in [5.74, 6) is -0.754. The van der Waals surface area contributed by atoms with Crippen molar-refractivity contribution in [2.24, 2.45) is 0 Å². The number of benzene rings is 1. The number of carbonyl (C=O) groups is 2. The van der Waals surface area contributed by atoms with E-state index in [4.69, 9.17) is 4.74 Å². The lowest BCUT2D eigenvalue weighted by Crippen LogP contribution is -2.31. The van der Waals surface area contributed by atoms with Crippen LogP contribution in [0.5, 0.6) is 0 Å². The van der Waals surface area contributed by atoms with Crippen LogP contribution in [0.3, 0.4) is 0 Å². The van der Waals surface area contributed by atoms with Gasteiger partial charge >= 0.3 is 12.1 Å². The molecule has 0 saturated heterocycles. The van der Waals surface area contributed by atoms with Gasteiger partial charge < -0.3 is 9.47 Å². The molecule has 0 aromatic heterocycles. The monoisotopic (exact) mass is 350 g/mol. The minimum absolute atomic E-state index is 0.0511. The van der Waals surface area contributed by atoms with Gasteiger partial charge in [-0.1, -0.05) is 36.4 Å². The molecular weight excluding hydrogens is 328 g/mol. The Balaban J connectivity index is 2.63. The van der Waals surface area contributed by atoms with Crippen LogP contribution < -0.4 is 5.32 Å². The summed E-state index contributed by atoms with van der Waals surface area (Å²) >= 11 is 0. The zero-order chi connectivity index (χ0) is 18.9. The molecule has 0 heterocycles. The Bertz CT molecular complexity index is 640. The third-order valence-electron chi connectivity index (χ3n) is 3.45. The van der Waals surface area contributed by atoms with Crippen molar-refractivity contribution in [3.05, 3.63) is 57.8 Å². The molecule has 0 bridgehead atoms. The summed E-state index contributed by atoms with van der Waals surface area (Å²) in [6.45, 7) is 3.02. The molecule has 1 amide bonds. The van der Waals surface area contributed by atoms with Crippen molar-refractivity contribution < 1.29 is 24.0 Å². The second-order valence-corrected chi connectivity index (χ2v) is 5.90. The number of nitro groups is 1. The number of rotatable bonds is 8. The van der Waals surface area contributed by atoms with Gasteiger partial charge in [0.05, 0.1) is 7.11 Å². The maximum atomic E-state index is 11.8. The van der Waals surface area contributed by atoms with Crippen LogP contribution in [0.2, 0.25) is 0 Å². The predicted molar refractivity (Wildman–Crippen MR) is 90.2 cm³/mol. The molecule has 0 saturated carbocycles. The Hall–Kier alpha value is -2.90. The van der Waals surface area contributed by atoms with Gasteiger partial charge in [0.1, 0.15) is 12.3 Å².